The molecular formula is C23H31NO4. The van der Waals surface area contributed by atoms with Crippen molar-refractivity contribution in [1.29, 1.82) is 0 Å². The van der Waals surface area contributed by atoms with Crippen molar-refractivity contribution in [1.82, 2.24) is 5.32 Å². The molecule has 0 bridgehead atoms. The third kappa shape index (κ3) is 1.99. The number of hydrogen-bond donors (Lipinski definition) is 3. The number of phenols is 1. The van der Waals surface area contributed by atoms with E-state index in [9.17, 15) is 15.0 Å². The van der Waals surface area contributed by atoms with Crippen LogP contribution in [0.4, 0.5) is 0 Å². The summed E-state index contributed by atoms with van der Waals surface area (Å²) in [6.07, 6.45) is 4.21. The summed E-state index contributed by atoms with van der Waals surface area (Å²) in [7, 11) is 0. The summed E-state index contributed by atoms with van der Waals surface area (Å²) < 4.78 is 6.89. The van der Waals surface area contributed by atoms with Crippen LogP contribution in [0.1, 0.15) is 74.9 Å². The van der Waals surface area contributed by atoms with Gasteiger partial charge in [-0.1, -0.05) is 27.7 Å². The highest BCUT2D eigenvalue weighted by molar-refractivity contribution is 6.00. The first-order valence-corrected chi connectivity index (χ1v) is 10.6. The van der Waals surface area contributed by atoms with Crippen molar-refractivity contribution in [2.75, 3.05) is 0 Å². The number of amides is 1. The topological polar surface area (TPSA) is 78.8 Å². The largest absolute Gasteiger partial charge is 0.508 e. The van der Waals surface area contributed by atoms with Crippen LogP contribution in [0.15, 0.2) is 6.07 Å². The fourth-order valence-corrected chi connectivity index (χ4v) is 7.19. The van der Waals surface area contributed by atoms with E-state index in [0.29, 0.717) is 30.4 Å². The molecule has 5 atom stereocenters. The van der Waals surface area contributed by atoms with Gasteiger partial charge in [0.25, 0.3) is 5.91 Å². The lowest BCUT2D eigenvalue weighted by molar-refractivity contribution is -0.210. The molecule has 1 aromatic rings. The summed E-state index contributed by atoms with van der Waals surface area (Å²) in [6.45, 7) is 9.47. The van der Waals surface area contributed by atoms with Gasteiger partial charge in [-0.3, -0.25) is 4.79 Å². The smallest absolute Gasteiger partial charge is 0.252 e. The molecular weight excluding hydrogens is 354 g/mol. The molecule has 0 saturated heterocycles. The number of hydrogen-bond acceptors (Lipinski definition) is 4. The molecule has 28 heavy (non-hydrogen) atoms. The molecule has 152 valence electrons. The number of carbonyl (C=O) groups is 1. The van der Waals surface area contributed by atoms with Gasteiger partial charge in [0.2, 0.25) is 0 Å². The second-order valence-electron chi connectivity index (χ2n) is 10.4. The molecule has 3 N–H and O–H groups in total. The number of aliphatic hydroxyl groups excluding tert-OH is 1. The number of benzene rings is 1. The van der Waals surface area contributed by atoms with Gasteiger partial charge in [0.1, 0.15) is 17.1 Å². The normalized spacial score (nSPS) is 40.5. The zero-order chi connectivity index (χ0) is 20.1. The Labute approximate surface area is 166 Å². The van der Waals surface area contributed by atoms with Crippen molar-refractivity contribution in [3.8, 4) is 11.5 Å². The van der Waals surface area contributed by atoms with Gasteiger partial charge >= 0.3 is 0 Å². The minimum atomic E-state index is -0.409. The van der Waals surface area contributed by atoms with E-state index in [1.165, 1.54) is 0 Å². The van der Waals surface area contributed by atoms with E-state index in [0.717, 1.165) is 42.6 Å². The zero-order valence-corrected chi connectivity index (χ0v) is 17.3. The Balaban J connectivity index is 1.65. The van der Waals surface area contributed by atoms with Crippen molar-refractivity contribution in [2.24, 2.45) is 22.7 Å². The minimum absolute atomic E-state index is 0.0955. The van der Waals surface area contributed by atoms with Crippen LogP contribution < -0.4 is 10.1 Å². The molecule has 5 rings (SSSR count). The fraction of sp³-hybridized carbons (Fsp3) is 0.696. The summed E-state index contributed by atoms with van der Waals surface area (Å²) in [5.41, 5.74) is 1.61. The molecule has 5 nitrogen and oxygen atoms in total. The van der Waals surface area contributed by atoms with E-state index in [4.69, 9.17) is 4.74 Å². The molecule has 1 amide bonds. The predicted octanol–water partition coefficient (Wildman–Crippen LogP) is 3.54. The Kier molecular flexibility index (Phi) is 3.55. The van der Waals surface area contributed by atoms with E-state index in [1.54, 1.807) is 6.07 Å². The van der Waals surface area contributed by atoms with E-state index in [1.807, 2.05) is 0 Å². The number of aliphatic hydroxyl groups is 1. The third-order valence-electron chi connectivity index (χ3n) is 8.97. The fourth-order valence-electron chi connectivity index (χ4n) is 7.19. The van der Waals surface area contributed by atoms with Crippen molar-refractivity contribution in [2.45, 2.75) is 78.0 Å². The molecule has 2 aliphatic carbocycles. The Morgan fingerprint density at radius 1 is 1.18 bits per heavy atom. The maximum atomic E-state index is 12.2. The van der Waals surface area contributed by atoms with E-state index >= 15 is 0 Å². The first-order chi connectivity index (χ1) is 13.1. The molecule has 0 radical (unpaired) electrons. The third-order valence-corrected chi connectivity index (χ3v) is 8.97. The predicted molar refractivity (Wildman–Crippen MR) is 105 cm³/mol. The van der Waals surface area contributed by atoms with Crippen LogP contribution in [0.25, 0.3) is 0 Å². The first-order valence-electron chi connectivity index (χ1n) is 10.6. The standard InChI is InChI=1S/C23H31NO4/c1-12-5-6-17-21(2,3)18(26)7-8-22(17,4)23(12)10-14-16(25)9-13-15(19(14)28-23)11-24-20(13)27/h9,12,17-18,25-26H,5-8,10-11H2,1-4H3,(H,24,27)/t12-,17-,18+,22-,23+/m0/s1. The van der Waals surface area contributed by atoms with Crippen LogP contribution in [-0.2, 0) is 13.0 Å². The second-order valence-corrected chi connectivity index (χ2v) is 10.4. The van der Waals surface area contributed by atoms with Gasteiger partial charge in [-0.15, -0.1) is 0 Å². The number of aromatic hydroxyl groups is 1. The number of fused-ring (bicyclic) bond motifs is 5. The van der Waals surface area contributed by atoms with Gasteiger partial charge < -0.3 is 20.3 Å². The van der Waals surface area contributed by atoms with Gasteiger partial charge in [0.05, 0.1) is 11.7 Å². The van der Waals surface area contributed by atoms with Crippen LogP contribution in [0, 0.1) is 22.7 Å². The number of nitrogens with one attached hydrogen (secondary N) is 1. The Hall–Kier alpha value is -1.75. The molecule has 2 heterocycles. The quantitative estimate of drug-likeness (QED) is 0.638. The number of rotatable bonds is 0. The molecule has 2 saturated carbocycles. The van der Waals surface area contributed by atoms with Gasteiger partial charge in [0.15, 0.2) is 0 Å². The molecule has 1 spiro atoms. The molecule has 1 aromatic carbocycles. The number of phenolic OH excluding ortho intramolecular Hbond substituents is 1. The summed E-state index contributed by atoms with van der Waals surface area (Å²) >= 11 is 0. The average Bonchev–Trinajstić information content (AvgIpc) is 3.20. The highest BCUT2D eigenvalue weighted by Gasteiger charge is 2.67. The van der Waals surface area contributed by atoms with E-state index < -0.39 is 5.60 Å². The van der Waals surface area contributed by atoms with Crippen LogP contribution in [-0.4, -0.2) is 27.8 Å². The van der Waals surface area contributed by atoms with Gasteiger partial charge in [-0.05, 0) is 49.0 Å². The molecule has 2 aliphatic heterocycles. The highest BCUT2D eigenvalue weighted by Crippen LogP contribution is 2.67. The lowest BCUT2D eigenvalue weighted by atomic mass is 9.43. The van der Waals surface area contributed by atoms with Crippen LogP contribution in [0.2, 0.25) is 0 Å². The molecule has 5 heteroatoms. The van der Waals surface area contributed by atoms with Crippen molar-refractivity contribution >= 4 is 5.91 Å². The van der Waals surface area contributed by atoms with Crippen LogP contribution >= 0.6 is 0 Å². The average molecular weight is 386 g/mol. The summed E-state index contributed by atoms with van der Waals surface area (Å²) in [5, 5.41) is 24.3. The Morgan fingerprint density at radius 3 is 2.68 bits per heavy atom. The highest BCUT2D eigenvalue weighted by atomic mass is 16.5. The van der Waals surface area contributed by atoms with Gasteiger partial charge in [0, 0.05) is 29.5 Å². The maximum absolute atomic E-state index is 12.2. The van der Waals surface area contributed by atoms with Gasteiger partial charge in [-0.25, -0.2) is 0 Å². The minimum Gasteiger partial charge on any atom is -0.508 e. The van der Waals surface area contributed by atoms with Crippen molar-refractivity contribution < 1.29 is 19.7 Å². The van der Waals surface area contributed by atoms with Crippen molar-refractivity contribution in [3.63, 3.8) is 0 Å². The number of carbonyl (C=O) groups excluding carboxylic acids is 1. The van der Waals surface area contributed by atoms with E-state index in [2.05, 4.69) is 33.0 Å². The second kappa shape index (κ2) is 5.44. The summed E-state index contributed by atoms with van der Waals surface area (Å²) in [5.74, 6) is 1.46. The monoisotopic (exact) mass is 385 g/mol. The Bertz CT molecular complexity index is 878. The van der Waals surface area contributed by atoms with Crippen LogP contribution in [0.3, 0.4) is 0 Å². The lowest BCUT2D eigenvalue weighted by Gasteiger charge is -2.64. The molecule has 0 unspecified atom stereocenters. The molecule has 4 aliphatic rings. The van der Waals surface area contributed by atoms with Gasteiger partial charge in [-0.2, -0.15) is 0 Å². The zero-order valence-electron chi connectivity index (χ0n) is 17.3. The van der Waals surface area contributed by atoms with Crippen LogP contribution in [0.5, 0.6) is 11.5 Å². The maximum Gasteiger partial charge on any atom is 0.252 e. The van der Waals surface area contributed by atoms with Crippen molar-refractivity contribution in [3.05, 3.63) is 22.8 Å². The first kappa shape index (κ1) is 18.3. The lowest BCUT2D eigenvalue weighted by Crippen LogP contribution is -2.66. The Morgan fingerprint density at radius 2 is 1.93 bits per heavy atom. The summed E-state index contributed by atoms with van der Waals surface area (Å²) in [6, 6.07) is 1.61. The van der Waals surface area contributed by atoms with E-state index in [-0.39, 0.29) is 28.6 Å². The molecule has 2 fully saturated rings. The number of ether oxygens (including phenoxy) is 1. The SMILES string of the molecule is C[C@H]1CC[C@H]2C(C)(C)[C@H](O)CC[C@]2(C)[C@@]12Cc1c(O)cc3c(c1O2)CNC3=O. The summed E-state index contributed by atoms with van der Waals surface area (Å²) in [4.78, 5) is 12.2. The molecule has 0 aromatic heterocycles.